The fraction of sp³-hybridized carbons (Fsp3) is 0.368. The predicted molar refractivity (Wildman–Crippen MR) is 89.7 cm³/mol. The van der Waals surface area contributed by atoms with Crippen LogP contribution in [0.1, 0.15) is 23.1 Å². The van der Waals surface area contributed by atoms with E-state index in [-0.39, 0.29) is 0 Å². The number of anilines is 1. The molecule has 2 nitrogen and oxygen atoms in total. The van der Waals surface area contributed by atoms with E-state index in [2.05, 4.69) is 72.6 Å². The lowest BCUT2D eigenvalue weighted by Crippen LogP contribution is -2.26. The van der Waals surface area contributed by atoms with Crippen molar-refractivity contribution in [3.05, 3.63) is 65.2 Å². The first-order valence-electron chi connectivity index (χ1n) is 7.81. The Morgan fingerprint density at radius 2 is 1.90 bits per heavy atom. The molecule has 0 aliphatic carbocycles. The summed E-state index contributed by atoms with van der Waals surface area (Å²) in [6.45, 7) is 7.70. The number of hydrogen-bond donors (Lipinski definition) is 1. The number of aryl methyl sites for hydroxylation is 2. The van der Waals surface area contributed by atoms with Gasteiger partial charge in [-0.1, -0.05) is 42.5 Å². The van der Waals surface area contributed by atoms with Crippen molar-refractivity contribution in [1.82, 2.24) is 4.90 Å². The summed E-state index contributed by atoms with van der Waals surface area (Å²) < 4.78 is 0. The van der Waals surface area contributed by atoms with Crippen LogP contribution in [0.4, 0.5) is 5.69 Å². The molecule has 0 radical (unpaired) electrons. The lowest BCUT2D eigenvalue weighted by Gasteiger charge is -2.19. The molecule has 1 aliphatic heterocycles. The van der Waals surface area contributed by atoms with Crippen LogP contribution in [0.3, 0.4) is 0 Å². The SMILES string of the molecule is Cc1ccc(C)c(NC2CCN(Cc3ccccc3)C2)c1. The van der Waals surface area contributed by atoms with Crippen LogP contribution in [0, 0.1) is 13.8 Å². The average molecular weight is 280 g/mol. The van der Waals surface area contributed by atoms with Gasteiger partial charge in [-0.15, -0.1) is 0 Å². The van der Waals surface area contributed by atoms with Crippen molar-refractivity contribution in [3.63, 3.8) is 0 Å². The number of nitrogens with one attached hydrogen (secondary N) is 1. The quantitative estimate of drug-likeness (QED) is 0.911. The highest BCUT2D eigenvalue weighted by atomic mass is 15.2. The Balaban J connectivity index is 1.58. The Labute approximate surface area is 127 Å². The number of rotatable bonds is 4. The molecule has 110 valence electrons. The van der Waals surface area contributed by atoms with E-state index in [1.807, 2.05) is 0 Å². The van der Waals surface area contributed by atoms with E-state index in [4.69, 9.17) is 0 Å². The normalized spacial score (nSPS) is 18.9. The van der Waals surface area contributed by atoms with Gasteiger partial charge in [0, 0.05) is 31.4 Å². The summed E-state index contributed by atoms with van der Waals surface area (Å²) in [4.78, 5) is 2.54. The molecule has 1 fully saturated rings. The standard InChI is InChI=1S/C19H24N2/c1-15-8-9-16(2)19(12-15)20-18-10-11-21(14-18)13-17-6-4-3-5-7-17/h3-9,12,18,20H,10-11,13-14H2,1-2H3. The van der Waals surface area contributed by atoms with E-state index in [0.29, 0.717) is 6.04 Å². The molecule has 21 heavy (non-hydrogen) atoms. The van der Waals surface area contributed by atoms with Gasteiger partial charge in [-0.05, 0) is 43.0 Å². The Morgan fingerprint density at radius 3 is 2.71 bits per heavy atom. The molecule has 1 atom stereocenters. The van der Waals surface area contributed by atoms with Crippen LogP contribution in [-0.4, -0.2) is 24.0 Å². The van der Waals surface area contributed by atoms with E-state index in [9.17, 15) is 0 Å². The Bertz CT molecular complexity index is 592. The second-order valence-electron chi connectivity index (χ2n) is 6.17. The maximum absolute atomic E-state index is 3.72. The van der Waals surface area contributed by atoms with Crippen LogP contribution < -0.4 is 5.32 Å². The molecule has 3 rings (SSSR count). The Hall–Kier alpha value is -1.80. The van der Waals surface area contributed by atoms with E-state index in [0.717, 1.165) is 13.1 Å². The van der Waals surface area contributed by atoms with Crippen LogP contribution >= 0.6 is 0 Å². The van der Waals surface area contributed by atoms with Crippen LogP contribution in [0.5, 0.6) is 0 Å². The van der Waals surface area contributed by atoms with Gasteiger partial charge in [-0.25, -0.2) is 0 Å². The summed E-state index contributed by atoms with van der Waals surface area (Å²) in [5.41, 5.74) is 5.36. The fourth-order valence-electron chi connectivity index (χ4n) is 3.05. The highest BCUT2D eigenvalue weighted by Gasteiger charge is 2.22. The van der Waals surface area contributed by atoms with Crippen molar-refractivity contribution >= 4 is 5.69 Å². The number of likely N-dealkylation sites (tertiary alicyclic amines) is 1. The third-order valence-corrected chi connectivity index (χ3v) is 4.27. The molecule has 1 aliphatic rings. The Morgan fingerprint density at radius 1 is 1.10 bits per heavy atom. The zero-order chi connectivity index (χ0) is 14.7. The first-order chi connectivity index (χ1) is 10.2. The molecule has 1 heterocycles. The molecule has 0 saturated carbocycles. The molecule has 0 spiro atoms. The van der Waals surface area contributed by atoms with Crippen molar-refractivity contribution in [2.45, 2.75) is 32.9 Å². The summed E-state index contributed by atoms with van der Waals surface area (Å²) in [6, 6.07) is 18.0. The lowest BCUT2D eigenvalue weighted by molar-refractivity contribution is 0.328. The lowest BCUT2D eigenvalue weighted by atomic mass is 10.1. The minimum absolute atomic E-state index is 0.564. The molecule has 2 aromatic rings. The minimum Gasteiger partial charge on any atom is -0.381 e. The predicted octanol–water partition coefficient (Wildman–Crippen LogP) is 3.99. The molecule has 0 aromatic heterocycles. The van der Waals surface area contributed by atoms with Crippen molar-refractivity contribution in [2.75, 3.05) is 18.4 Å². The molecule has 0 bridgehead atoms. The van der Waals surface area contributed by atoms with Gasteiger partial charge in [0.05, 0.1) is 0 Å². The maximum Gasteiger partial charge on any atom is 0.0400 e. The van der Waals surface area contributed by atoms with Crippen LogP contribution in [0.25, 0.3) is 0 Å². The largest absolute Gasteiger partial charge is 0.381 e. The van der Waals surface area contributed by atoms with Gasteiger partial charge in [0.25, 0.3) is 0 Å². The monoisotopic (exact) mass is 280 g/mol. The van der Waals surface area contributed by atoms with Gasteiger partial charge < -0.3 is 5.32 Å². The van der Waals surface area contributed by atoms with E-state index in [1.54, 1.807) is 0 Å². The molecule has 2 heteroatoms. The van der Waals surface area contributed by atoms with E-state index < -0.39 is 0 Å². The van der Waals surface area contributed by atoms with Gasteiger partial charge in [0.2, 0.25) is 0 Å². The van der Waals surface area contributed by atoms with Gasteiger partial charge in [0.1, 0.15) is 0 Å². The van der Waals surface area contributed by atoms with Gasteiger partial charge in [-0.3, -0.25) is 4.90 Å². The topological polar surface area (TPSA) is 15.3 Å². The highest BCUT2D eigenvalue weighted by Crippen LogP contribution is 2.21. The van der Waals surface area contributed by atoms with Crippen LogP contribution in [-0.2, 0) is 6.54 Å². The number of benzene rings is 2. The first kappa shape index (κ1) is 14.2. The fourth-order valence-corrected chi connectivity index (χ4v) is 3.05. The summed E-state index contributed by atoms with van der Waals surface area (Å²) >= 11 is 0. The van der Waals surface area contributed by atoms with Crippen molar-refractivity contribution < 1.29 is 0 Å². The Kier molecular flexibility index (Phi) is 4.26. The van der Waals surface area contributed by atoms with Crippen molar-refractivity contribution in [1.29, 1.82) is 0 Å². The molecule has 0 amide bonds. The van der Waals surface area contributed by atoms with Gasteiger partial charge in [-0.2, -0.15) is 0 Å². The second-order valence-corrected chi connectivity index (χ2v) is 6.17. The molecule has 1 saturated heterocycles. The first-order valence-corrected chi connectivity index (χ1v) is 7.81. The molecule has 1 N–H and O–H groups in total. The van der Waals surface area contributed by atoms with Crippen molar-refractivity contribution in [2.24, 2.45) is 0 Å². The summed E-state index contributed by atoms with van der Waals surface area (Å²) in [5.74, 6) is 0. The zero-order valence-corrected chi connectivity index (χ0v) is 13.0. The highest BCUT2D eigenvalue weighted by molar-refractivity contribution is 5.53. The minimum atomic E-state index is 0.564. The molecular formula is C19H24N2. The molecule has 1 unspecified atom stereocenters. The second kappa shape index (κ2) is 6.31. The van der Waals surface area contributed by atoms with Crippen molar-refractivity contribution in [3.8, 4) is 0 Å². The summed E-state index contributed by atoms with van der Waals surface area (Å²) in [6.07, 6.45) is 1.22. The third-order valence-electron chi connectivity index (χ3n) is 4.27. The molecular weight excluding hydrogens is 256 g/mol. The maximum atomic E-state index is 3.72. The zero-order valence-electron chi connectivity index (χ0n) is 13.0. The molecule has 2 aromatic carbocycles. The van der Waals surface area contributed by atoms with E-state index >= 15 is 0 Å². The van der Waals surface area contributed by atoms with Crippen LogP contribution in [0.2, 0.25) is 0 Å². The van der Waals surface area contributed by atoms with Gasteiger partial charge >= 0.3 is 0 Å². The average Bonchev–Trinajstić information content (AvgIpc) is 2.91. The number of nitrogens with zero attached hydrogens (tertiary/aromatic N) is 1. The van der Waals surface area contributed by atoms with Gasteiger partial charge in [0.15, 0.2) is 0 Å². The van der Waals surface area contributed by atoms with Crippen LogP contribution in [0.15, 0.2) is 48.5 Å². The smallest absolute Gasteiger partial charge is 0.0400 e. The summed E-state index contributed by atoms with van der Waals surface area (Å²) in [7, 11) is 0. The van der Waals surface area contributed by atoms with E-state index in [1.165, 1.54) is 35.3 Å². The third kappa shape index (κ3) is 3.64. The summed E-state index contributed by atoms with van der Waals surface area (Å²) in [5, 5.41) is 3.72. The number of hydrogen-bond acceptors (Lipinski definition) is 2.